The van der Waals surface area contributed by atoms with Crippen LogP contribution in [0.5, 0.6) is 0 Å². The summed E-state index contributed by atoms with van der Waals surface area (Å²) in [5.74, 6) is -0.311. The lowest BCUT2D eigenvalue weighted by Gasteiger charge is -2.15. The third-order valence-corrected chi connectivity index (χ3v) is 5.61. The Morgan fingerprint density at radius 1 is 1.16 bits per heavy atom. The first kappa shape index (κ1) is 16.3. The largest absolute Gasteiger partial charge is 0.348 e. The van der Waals surface area contributed by atoms with Crippen LogP contribution in [-0.4, -0.2) is 21.3 Å². The van der Waals surface area contributed by atoms with E-state index in [1.165, 1.54) is 49.2 Å². The number of fused-ring (bicyclic) bond motifs is 1. The molecule has 1 fully saturated rings. The number of aromatic nitrogens is 2. The molecule has 0 atom stereocenters. The second kappa shape index (κ2) is 6.96. The van der Waals surface area contributed by atoms with Crippen molar-refractivity contribution in [2.24, 2.45) is 0 Å². The minimum atomic E-state index is -0.270. The molecule has 1 aliphatic rings. The van der Waals surface area contributed by atoms with Gasteiger partial charge in [-0.05, 0) is 37.1 Å². The van der Waals surface area contributed by atoms with Crippen molar-refractivity contribution in [2.45, 2.75) is 44.6 Å². The summed E-state index contributed by atoms with van der Waals surface area (Å²) >= 11 is 1.44. The van der Waals surface area contributed by atoms with Gasteiger partial charge < -0.3 is 5.32 Å². The monoisotopic (exact) mass is 357 g/mol. The van der Waals surface area contributed by atoms with E-state index < -0.39 is 0 Å². The molecule has 1 amide bonds. The highest BCUT2D eigenvalue weighted by Gasteiger charge is 2.19. The van der Waals surface area contributed by atoms with E-state index in [2.05, 4.69) is 10.3 Å². The number of hydrogen-bond acceptors (Lipinski definition) is 3. The summed E-state index contributed by atoms with van der Waals surface area (Å²) in [4.78, 5) is 18.0. The molecule has 2 heterocycles. The molecule has 4 nitrogen and oxygen atoms in total. The van der Waals surface area contributed by atoms with Crippen LogP contribution in [-0.2, 0) is 0 Å². The zero-order valence-electron chi connectivity index (χ0n) is 13.9. The molecule has 1 saturated carbocycles. The lowest BCUT2D eigenvalue weighted by Crippen LogP contribution is -2.34. The Balaban J connectivity index is 1.57. The predicted octanol–water partition coefficient (Wildman–Crippen LogP) is 4.65. The smallest absolute Gasteiger partial charge is 0.269 e. The molecule has 3 aromatic rings. The highest BCUT2D eigenvalue weighted by molar-refractivity contribution is 7.15. The van der Waals surface area contributed by atoms with Crippen LogP contribution in [0.1, 0.15) is 49.0 Å². The molecule has 1 N–H and O–H groups in total. The summed E-state index contributed by atoms with van der Waals surface area (Å²) in [5, 5.41) is 5.03. The van der Waals surface area contributed by atoms with Gasteiger partial charge in [-0.1, -0.05) is 25.7 Å². The van der Waals surface area contributed by atoms with E-state index in [1.807, 2.05) is 16.0 Å². The van der Waals surface area contributed by atoms with E-state index >= 15 is 0 Å². The van der Waals surface area contributed by atoms with Gasteiger partial charge in [-0.2, -0.15) is 0 Å². The van der Waals surface area contributed by atoms with Gasteiger partial charge in [0.1, 0.15) is 11.5 Å². The van der Waals surface area contributed by atoms with Crippen molar-refractivity contribution in [1.82, 2.24) is 14.7 Å². The molecule has 0 unspecified atom stereocenters. The van der Waals surface area contributed by atoms with Crippen molar-refractivity contribution >= 4 is 22.2 Å². The third-order valence-electron chi connectivity index (χ3n) is 4.77. The molecule has 1 aromatic carbocycles. The Labute approximate surface area is 149 Å². The Morgan fingerprint density at radius 3 is 2.60 bits per heavy atom. The average Bonchev–Trinajstić information content (AvgIpc) is 3.09. The normalized spacial score (nSPS) is 16.0. The molecule has 0 radical (unpaired) electrons. The minimum Gasteiger partial charge on any atom is -0.348 e. The number of rotatable bonds is 3. The Kier molecular flexibility index (Phi) is 4.53. The minimum absolute atomic E-state index is 0.0405. The van der Waals surface area contributed by atoms with Gasteiger partial charge in [0, 0.05) is 23.2 Å². The highest BCUT2D eigenvalue weighted by Crippen LogP contribution is 2.24. The number of nitrogens with one attached hydrogen (secondary N) is 1. The number of amides is 1. The second-order valence-electron chi connectivity index (χ2n) is 6.57. The molecule has 0 bridgehead atoms. The molecule has 0 aliphatic heterocycles. The standard InChI is InChI=1S/C19H20FN3OS/c20-14-9-7-13(8-10-14)16-11-23-17(12-25-19(23)22-16)18(24)21-15-5-3-1-2-4-6-15/h7-12,15H,1-6H2,(H,21,24). The summed E-state index contributed by atoms with van der Waals surface area (Å²) in [5.41, 5.74) is 2.20. The second-order valence-corrected chi connectivity index (χ2v) is 7.41. The molecule has 0 saturated heterocycles. The van der Waals surface area contributed by atoms with E-state index in [4.69, 9.17) is 0 Å². The summed E-state index contributed by atoms with van der Waals surface area (Å²) < 4.78 is 14.9. The maximum atomic E-state index is 13.1. The summed E-state index contributed by atoms with van der Waals surface area (Å²) in [6, 6.07) is 6.51. The number of carbonyl (C=O) groups is 1. The first-order valence-electron chi connectivity index (χ1n) is 8.74. The number of carbonyl (C=O) groups excluding carboxylic acids is 1. The first-order valence-corrected chi connectivity index (χ1v) is 9.62. The lowest BCUT2D eigenvalue weighted by molar-refractivity contribution is 0.0927. The lowest BCUT2D eigenvalue weighted by atomic mass is 10.1. The number of halogens is 1. The first-order chi connectivity index (χ1) is 12.2. The van der Waals surface area contributed by atoms with Crippen molar-refractivity contribution in [2.75, 3.05) is 0 Å². The number of imidazole rings is 1. The fourth-order valence-corrected chi connectivity index (χ4v) is 4.24. The van der Waals surface area contributed by atoms with E-state index in [0.717, 1.165) is 29.1 Å². The Hall–Kier alpha value is -2.21. The maximum absolute atomic E-state index is 13.1. The zero-order chi connectivity index (χ0) is 17.2. The molecular weight excluding hydrogens is 337 g/mol. The van der Waals surface area contributed by atoms with Gasteiger partial charge in [0.15, 0.2) is 4.96 Å². The third kappa shape index (κ3) is 3.44. The molecule has 4 rings (SSSR count). The summed E-state index contributed by atoms with van der Waals surface area (Å²) in [6.45, 7) is 0. The van der Waals surface area contributed by atoms with Crippen LogP contribution < -0.4 is 5.32 Å². The molecule has 25 heavy (non-hydrogen) atoms. The van der Waals surface area contributed by atoms with Crippen molar-refractivity contribution in [3.05, 3.63) is 47.4 Å². The van der Waals surface area contributed by atoms with Gasteiger partial charge in [-0.25, -0.2) is 9.37 Å². The number of nitrogens with zero attached hydrogens (tertiary/aromatic N) is 2. The van der Waals surface area contributed by atoms with Crippen LogP contribution in [0, 0.1) is 5.82 Å². The van der Waals surface area contributed by atoms with Crippen LogP contribution in [0.4, 0.5) is 4.39 Å². The van der Waals surface area contributed by atoms with Gasteiger partial charge in [-0.3, -0.25) is 9.20 Å². The molecule has 0 spiro atoms. The number of thiazole rings is 1. The number of hydrogen-bond donors (Lipinski definition) is 1. The van der Waals surface area contributed by atoms with Crippen LogP contribution in [0.15, 0.2) is 35.8 Å². The predicted molar refractivity (Wildman–Crippen MR) is 97.4 cm³/mol. The van der Waals surface area contributed by atoms with Crippen molar-refractivity contribution in [1.29, 1.82) is 0 Å². The number of benzene rings is 1. The topological polar surface area (TPSA) is 46.4 Å². The van der Waals surface area contributed by atoms with E-state index in [0.29, 0.717) is 5.69 Å². The molecule has 6 heteroatoms. The molecule has 2 aromatic heterocycles. The quantitative estimate of drug-likeness (QED) is 0.693. The van der Waals surface area contributed by atoms with Gasteiger partial charge in [0.25, 0.3) is 5.91 Å². The van der Waals surface area contributed by atoms with Gasteiger partial charge in [0.05, 0.1) is 5.69 Å². The van der Waals surface area contributed by atoms with E-state index in [1.54, 1.807) is 12.1 Å². The summed E-state index contributed by atoms with van der Waals surface area (Å²) in [7, 11) is 0. The molecular formula is C19H20FN3OS. The van der Waals surface area contributed by atoms with Gasteiger partial charge in [0.2, 0.25) is 0 Å². The van der Waals surface area contributed by atoms with Gasteiger partial charge >= 0.3 is 0 Å². The zero-order valence-corrected chi connectivity index (χ0v) is 14.7. The fraction of sp³-hybridized carbons (Fsp3) is 0.368. The van der Waals surface area contributed by atoms with Crippen molar-refractivity contribution < 1.29 is 9.18 Å². The Bertz CT molecular complexity index is 876. The maximum Gasteiger partial charge on any atom is 0.269 e. The average molecular weight is 357 g/mol. The SMILES string of the molecule is O=C(NC1CCCCCC1)c1csc2nc(-c3ccc(F)cc3)cn12. The molecule has 130 valence electrons. The summed E-state index contributed by atoms with van der Waals surface area (Å²) in [6.07, 6.45) is 8.86. The van der Waals surface area contributed by atoms with Crippen molar-refractivity contribution in [3.63, 3.8) is 0 Å². The van der Waals surface area contributed by atoms with Crippen LogP contribution in [0.2, 0.25) is 0 Å². The van der Waals surface area contributed by atoms with Crippen LogP contribution in [0.25, 0.3) is 16.2 Å². The highest BCUT2D eigenvalue weighted by atomic mass is 32.1. The van der Waals surface area contributed by atoms with E-state index in [-0.39, 0.29) is 17.8 Å². The van der Waals surface area contributed by atoms with Crippen LogP contribution >= 0.6 is 11.3 Å². The van der Waals surface area contributed by atoms with E-state index in [9.17, 15) is 9.18 Å². The molecule has 1 aliphatic carbocycles. The van der Waals surface area contributed by atoms with Gasteiger partial charge in [-0.15, -0.1) is 11.3 Å². The van der Waals surface area contributed by atoms with Crippen molar-refractivity contribution in [3.8, 4) is 11.3 Å². The fourth-order valence-electron chi connectivity index (χ4n) is 3.39. The Morgan fingerprint density at radius 2 is 1.88 bits per heavy atom. The van der Waals surface area contributed by atoms with Crippen LogP contribution in [0.3, 0.4) is 0 Å².